The molecule has 0 spiro atoms. The lowest BCUT2D eigenvalue weighted by molar-refractivity contribution is -0.305. The van der Waals surface area contributed by atoms with E-state index in [0.717, 1.165) is 30.4 Å². The summed E-state index contributed by atoms with van der Waals surface area (Å²) in [5, 5.41) is 14.7. The number of carboxylic acids is 1. The van der Waals surface area contributed by atoms with Gasteiger partial charge in [0, 0.05) is 30.4 Å². The first-order valence-electron chi connectivity index (χ1n) is 14.5. The third kappa shape index (κ3) is 6.38. The van der Waals surface area contributed by atoms with Crippen molar-refractivity contribution in [2.24, 2.45) is 5.92 Å². The molecule has 1 aliphatic carbocycles. The Morgan fingerprint density at radius 1 is 0.976 bits per heavy atom. The molecule has 0 aromatic heterocycles. The fraction of sp³-hybridized carbons (Fsp3) is 0.324. The largest absolute Gasteiger partial charge is 0.550 e. The number of ketones is 1. The van der Waals surface area contributed by atoms with E-state index in [1.165, 1.54) is 12.1 Å². The smallest absolute Gasteiger partial charge is 0.228 e. The maximum absolute atomic E-state index is 14.0. The summed E-state index contributed by atoms with van der Waals surface area (Å²) in [4.78, 5) is 40.7. The molecule has 3 aromatic rings. The summed E-state index contributed by atoms with van der Waals surface area (Å²) in [6.07, 6.45) is 4.57. The van der Waals surface area contributed by atoms with Gasteiger partial charge in [0.25, 0.3) is 0 Å². The van der Waals surface area contributed by atoms with Crippen molar-refractivity contribution in [3.05, 3.63) is 102 Å². The summed E-state index contributed by atoms with van der Waals surface area (Å²) in [5.41, 5.74) is 3.36. The van der Waals surface area contributed by atoms with Crippen LogP contribution in [0.3, 0.4) is 0 Å². The average Bonchev–Trinajstić information content (AvgIpc) is 3.13. The fourth-order valence-corrected chi connectivity index (χ4v) is 5.79. The molecule has 8 heteroatoms. The minimum absolute atomic E-state index is 0.0790. The molecule has 218 valence electrons. The fourth-order valence-electron chi connectivity index (χ4n) is 5.79. The predicted octanol–water partition coefficient (Wildman–Crippen LogP) is 5.68. The highest BCUT2D eigenvalue weighted by Gasteiger charge is 2.44. The van der Waals surface area contributed by atoms with Crippen LogP contribution in [0.1, 0.15) is 68.5 Å². The number of rotatable bonds is 10. The highest BCUT2D eigenvalue weighted by atomic mass is 19.1. The third-order valence-electron chi connectivity index (χ3n) is 7.87. The second-order valence-electron chi connectivity index (χ2n) is 10.8. The molecule has 0 unspecified atom stereocenters. The first kappa shape index (κ1) is 29.0. The van der Waals surface area contributed by atoms with Crippen LogP contribution in [0.4, 0.5) is 15.8 Å². The summed E-state index contributed by atoms with van der Waals surface area (Å²) in [6.45, 7) is 2.73. The standard InChI is InChI=1S/C34H35FN2O5/c1-2-3-6-19-42-26-15-11-23(12-16-26)34-33-28(20-24(21-30(33)38)22-9-13-25(35)14-10-22)36-27-7-4-5-8-29(27)37(34)31(39)17-18-32(40)41/h4-5,7-16,20,24,33-34,36H,2-3,6,17-19,21H2,1H3,(H,40,41)/p-1/t24-,33-,34+/m0/s1. The molecule has 1 N–H and O–H groups in total. The molecule has 0 radical (unpaired) electrons. The predicted molar refractivity (Wildman–Crippen MR) is 156 cm³/mol. The van der Waals surface area contributed by atoms with Crippen LogP contribution in [-0.4, -0.2) is 24.3 Å². The van der Waals surface area contributed by atoms with Crippen molar-refractivity contribution in [1.29, 1.82) is 0 Å². The van der Waals surface area contributed by atoms with Gasteiger partial charge in [-0.05, 0) is 60.4 Å². The van der Waals surface area contributed by atoms with E-state index in [1.807, 2.05) is 42.5 Å². The maximum Gasteiger partial charge on any atom is 0.228 e. The Hall–Kier alpha value is -4.46. The summed E-state index contributed by atoms with van der Waals surface area (Å²) in [6, 6.07) is 20.1. The van der Waals surface area contributed by atoms with Crippen LogP contribution >= 0.6 is 0 Å². The number of hydrogen-bond donors (Lipinski definition) is 1. The Balaban J connectivity index is 1.59. The van der Waals surface area contributed by atoms with Crippen LogP contribution < -0.4 is 20.1 Å². The van der Waals surface area contributed by atoms with Crippen LogP contribution in [0.2, 0.25) is 0 Å². The summed E-state index contributed by atoms with van der Waals surface area (Å²) < 4.78 is 19.5. The van der Waals surface area contributed by atoms with Crippen LogP contribution in [0.25, 0.3) is 0 Å². The molecular weight excluding hydrogens is 535 g/mol. The van der Waals surface area contributed by atoms with E-state index < -0.39 is 30.3 Å². The van der Waals surface area contributed by atoms with Crippen LogP contribution in [-0.2, 0) is 14.4 Å². The normalized spacial score (nSPS) is 19.6. The lowest BCUT2D eigenvalue weighted by Crippen LogP contribution is -2.43. The van der Waals surface area contributed by atoms with Gasteiger partial charge in [0.2, 0.25) is 5.91 Å². The highest BCUT2D eigenvalue weighted by molar-refractivity contribution is 6.02. The number of Topliss-reactive ketones (excluding diaryl/α,β-unsaturated/α-hetero) is 1. The van der Waals surface area contributed by atoms with Crippen LogP contribution in [0.5, 0.6) is 5.75 Å². The molecule has 1 aliphatic heterocycles. The van der Waals surface area contributed by atoms with E-state index >= 15 is 0 Å². The molecule has 42 heavy (non-hydrogen) atoms. The van der Waals surface area contributed by atoms with Gasteiger partial charge in [0.15, 0.2) is 0 Å². The molecule has 2 aliphatic rings. The van der Waals surface area contributed by atoms with Crippen molar-refractivity contribution in [3.8, 4) is 5.75 Å². The zero-order chi connectivity index (χ0) is 29.6. The van der Waals surface area contributed by atoms with Gasteiger partial charge in [-0.15, -0.1) is 0 Å². The van der Waals surface area contributed by atoms with E-state index in [-0.39, 0.29) is 30.4 Å². The number of nitrogens with zero attached hydrogens (tertiary/aromatic N) is 1. The van der Waals surface area contributed by atoms with Crippen molar-refractivity contribution < 1.29 is 28.6 Å². The Labute approximate surface area is 245 Å². The molecule has 5 rings (SSSR count). The topological polar surface area (TPSA) is 98.8 Å². The van der Waals surface area contributed by atoms with Gasteiger partial charge >= 0.3 is 0 Å². The van der Waals surface area contributed by atoms with Gasteiger partial charge in [-0.25, -0.2) is 4.39 Å². The highest BCUT2D eigenvalue weighted by Crippen LogP contribution is 2.48. The van der Waals surface area contributed by atoms with E-state index in [4.69, 9.17) is 4.74 Å². The van der Waals surface area contributed by atoms with Crippen molar-refractivity contribution in [2.75, 3.05) is 16.8 Å². The van der Waals surface area contributed by atoms with Gasteiger partial charge in [0.1, 0.15) is 17.3 Å². The van der Waals surface area contributed by atoms with Gasteiger partial charge in [-0.2, -0.15) is 0 Å². The number of nitrogens with one attached hydrogen (secondary N) is 1. The second-order valence-corrected chi connectivity index (χ2v) is 10.8. The van der Waals surface area contributed by atoms with Gasteiger partial charge < -0.3 is 24.9 Å². The number of ether oxygens (including phenoxy) is 1. The number of unbranched alkanes of at least 4 members (excludes halogenated alkanes) is 2. The molecule has 0 saturated carbocycles. The number of aliphatic carboxylic acids is 1. The minimum atomic E-state index is -1.32. The van der Waals surface area contributed by atoms with Gasteiger partial charge in [-0.1, -0.05) is 62.2 Å². The third-order valence-corrected chi connectivity index (χ3v) is 7.87. The number of allylic oxidation sites excluding steroid dienone is 1. The van der Waals surface area contributed by atoms with Crippen molar-refractivity contribution >= 4 is 29.0 Å². The number of hydrogen-bond acceptors (Lipinski definition) is 6. The quantitative estimate of drug-likeness (QED) is 0.316. The number of carbonyl (C=O) groups excluding carboxylic acids is 3. The van der Waals surface area contributed by atoms with Gasteiger partial charge in [0.05, 0.1) is 29.9 Å². The molecular formula is C34H34FN2O5-. The number of carboxylic acid groups (broad SMARTS) is 1. The van der Waals surface area contributed by atoms with Crippen molar-refractivity contribution in [2.45, 2.75) is 57.4 Å². The minimum Gasteiger partial charge on any atom is -0.550 e. The van der Waals surface area contributed by atoms with E-state index in [1.54, 1.807) is 29.2 Å². The zero-order valence-electron chi connectivity index (χ0n) is 23.6. The molecule has 3 atom stereocenters. The molecule has 1 heterocycles. The molecule has 7 nitrogen and oxygen atoms in total. The zero-order valence-corrected chi connectivity index (χ0v) is 23.6. The van der Waals surface area contributed by atoms with Crippen LogP contribution in [0, 0.1) is 11.7 Å². The number of benzene rings is 3. The van der Waals surface area contributed by atoms with Crippen LogP contribution in [0.15, 0.2) is 84.6 Å². The average molecular weight is 570 g/mol. The molecule has 0 bridgehead atoms. The summed E-state index contributed by atoms with van der Waals surface area (Å²) >= 11 is 0. The summed E-state index contributed by atoms with van der Waals surface area (Å²) in [7, 11) is 0. The van der Waals surface area contributed by atoms with E-state index in [2.05, 4.69) is 12.2 Å². The van der Waals surface area contributed by atoms with E-state index in [9.17, 15) is 23.9 Å². The number of fused-ring (bicyclic) bond motifs is 2. The monoisotopic (exact) mass is 569 g/mol. The first-order valence-corrected chi connectivity index (χ1v) is 14.5. The number of carbonyl (C=O) groups is 3. The lowest BCUT2D eigenvalue weighted by atomic mass is 9.76. The molecule has 0 fully saturated rings. The van der Waals surface area contributed by atoms with Crippen molar-refractivity contribution in [1.82, 2.24) is 0 Å². The number of halogens is 1. The summed E-state index contributed by atoms with van der Waals surface area (Å²) in [5.74, 6) is -2.49. The number of amides is 1. The Morgan fingerprint density at radius 2 is 1.69 bits per heavy atom. The van der Waals surface area contributed by atoms with E-state index in [0.29, 0.717) is 29.4 Å². The Kier molecular flexibility index (Phi) is 9.00. The molecule has 0 saturated heterocycles. The molecule has 1 amide bonds. The Morgan fingerprint density at radius 3 is 2.40 bits per heavy atom. The first-order chi connectivity index (χ1) is 20.4. The SMILES string of the molecule is CCCCCOc1ccc([C@@H]2[C@@H]3C(=O)C[C@@H](c4ccc(F)cc4)C=C3Nc3ccccc3N2C(=O)CCC(=O)[O-])cc1. The van der Waals surface area contributed by atoms with Crippen molar-refractivity contribution in [3.63, 3.8) is 0 Å². The molecule has 3 aromatic carbocycles. The number of para-hydroxylation sites is 2. The van der Waals surface area contributed by atoms with Gasteiger partial charge in [-0.3, -0.25) is 9.59 Å². The lowest BCUT2D eigenvalue weighted by Gasteiger charge is -2.37. The maximum atomic E-state index is 14.0. The number of anilines is 2. The second kappa shape index (κ2) is 13.0. The Bertz CT molecular complexity index is 1470.